The lowest BCUT2D eigenvalue weighted by molar-refractivity contribution is 0.769. The minimum absolute atomic E-state index is 0.145. The van der Waals surface area contributed by atoms with Crippen LogP contribution in [0.5, 0.6) is 0 Å². The fraction of sp³-hybridized carbons (Fsp3) is 0.100. The number of fused-ring (bicyclic) bond motifs is 3. The summed E-state index contributed by atoms with van der Waals surface area (Å²) >= 11 is 3.29. The van der Waals surface area contributed by atoms with Gasteiger partial charge in [-0.25, -0.2) is 0 Å². The maximum atomic E-state index is 2.98. The summed E-state index contributed by atoms with van der Waals surface area (Å²) < 4.78 is 4.86. The summed E-state index contributed by atoms with van der Waals surface area (Å²) in [5, 5.41) is 1.17. The second kappa shape index (κ2) is 13.9. The van der Waals surface area contributed by atoms with Crippen LogP contribution < -0.4 is 7.17 Å². The van der Waals surface area contributed by atoms with Crippen LogP contribution in [0.1, 0.15) is 29.2 Å². The van der Waals surface area contributed by atoms with E-state index in [0.717, 1.165) is 0 Å². The van der Waals surface area contributed by atoms with Gasteiger partial charge in [-0.15, -0.1) is 5.79 Å². The number of benzene rings is 6. The van der Waals surface area contributed by atoms with Gasteiger partial charge in [0.15, 0.2) is 0 Å². The summed E-state index contributed by atoms with van der Waals surface area (Å²) in [6.07, 6.45) is 0. The molecule has 0 amide bonds. The predicted octanol–water partition coefficient (Wildman–Crippen LogP) is 10.1. The average Bonchev–Trinajstić information content (AvgIpc) is 3.41. The van der Waals surface area contributed by atoms with E-state index in [9.17, 15) is 0 Å². The van der Waals surface area contributed by atoms with Crippen molar-refractivity contribution in [2.24, 2.45) is 0 Å². The van der Waals surface area contributed by atoms with Crippen molar-refractivity contribution in [2.45, 2.75) is 23.4 Å². The van der Waals surface area contributed by atoms with Gasteiger partial charge in [0.05, 0.1) is 16.8 Å². The Hall–Kier alpha value is -3.13. The van der Waals surface area contributed by atoms with E-state index in [-0.39, 0.29) is 29.5 Å². The molecule has 4 radical (unpaired) electrons. The molecule has 0 N–H and O–H groups in total. The highest BCUT2D eigenvalue weighted by Gasteiger charge is 2.46. The predicted molar refractivity (Wildman–Crippen MR) is 201 cm³/mol. The van der Waals surface area contributed by atoms with Crippen molar-refractivity contribution >= 4 is 73.4 Å². The first kappa shape index (κ1) is 31.5. The highest BCUT2D eigenvalue weighted by atomic mass is 32.3. The molecule has 0 aromatic heterocycles. The molecule has 0 spiro atoms. The summed E-state index contributed by atoms with van der Waals surface area (Å²) in [6, 6.07) is 56.2. The first-order valence-corrected chi connectivity index (χ1v) is 21.1. The van der Waals surface area contributed by atoms with Crippen LogP contribution in [0.25, 0.3) is 22.3 Å². The van der Waals surface area contributed by atoms with Gasteiger partial charge in [0, 0.05) is 5.56 Å². The molecule has 46 heavy (non-hydrogen) atoms. The molecule has 0 heterocycles. The third-order valence-corrected chi connectivity index (χ3v) is 12.9. The van der Waals surface area contributed by atoms with Crippen molar-refractivity contribution in [3.05, 3.63) is 174 Å². The molecule has 218 valence electrons. The van der Waals surface area contributed by atoms with Gasteiger partial charge >= 0.3 is 29.5 Å². The summed E-state index contributed by atoms with van der Waals surface area (Å²) in [5.74, 6) is 2.32. The number of anilines is 3. The second-order valence-electron chi connectivity index (χ2n) is 11.5. The standard InChI is InChI=1S/C37H25N2S.C2H5.CH3.3Al/c38-29-20-22-32-33-23-21-30(39(40)36-19-11-10-18-31(36)26-12-4-1-5-13-26)25-35(33)37(34(32)24-29,27-14-6-2-7-15-27)28-16-8-3-9-17-28;1-2;;;;/h1-25H;1H2,2H3;1H3;;;/q-1;;;;;+1. The largest absolute Gasteiger partial charge is 0.579 e. The van der Waals surface area contributed by atoms with Crippen LogP contribution in [0.15, 0.2) is 152 Å². The van der Waals surface area contributed by atoms with E-state index in [1.54, 1.807) is 0 Å². The van der Waals surface area contributed by atoms with E-state index in [4.69, 9.17) is 0 Å². The molecular weight excluding hydrogens is 621 g/mol. The Morgan fingerprint density at radius 2 is 1.13 bits per heavy atom. The molecule has 6 aromatic carbocycles. The summed E-state index contributed by atoms with van der Waals surface area (Å²) in [7, 11) is 1.93. The molecule has 0 unspecified atom stereocenters. The fourth-order valence-electron chi connectivity index (χ4n) is 6.93. The Labute approximate surface area is 297 Å². The molecule has 2 nitrogen and oxygen atoms in total. The Bertz CT molecular complexity index is 1910. The zero-order valence-corrected chi connectivity index (χ0v) is 30.5. The molecule has 0 atom stereocenters. The summed E-state index contributed by atoms with van der Waals surface area (Å²) in [6.45, 7) is 2.27. The van der Waals surface area contributed by atoms with E-state index in [1.165, 1.54) is 66.9 Å². The topological polar surface area (TPSA) is 6.48 Å². The molecule has 0 saturated carbocycles. The first-order chi connectivity index (χ1) is 22.7. The van der Waals surface area contributed by atoms with E-state index in [0.29, 0.717) is 0 Å². The van der Waals surface area contributed by atoms with Crippen LogP contribution in [0.2, 0.25) is 11.1 Å². The number of hydrogen-bond acceptors (Lipinski definition) is 3. The smallest absolute Gasteiger partial charge is 0.341 e. The van der Waals surface area contributed by atoms with Gasteiger partial charge in [0.2, 0.25) is 0 Å². The van der Waals surface area contributed by atoms with Gasteiger partial charge in [0.1, 0.15) is 0 Å². The van der Waals surface area contributed by atoms with Gasteiger partial charge < -0.3 is 7.17 Å². The monoisotopic (exact) mass is 654 g/mol. The van der Waals surface area contributed by atoms with Crippen molar-refractivity contribution in [1.82, 2.24) is 0 Å². The number of para-hydroxylation sites is 1. The molecule has 6 aromatic rings. The van der Waals surface area contributed by atoms with Crippen LogP contribution in [-0.2, 0) is 5.41 Å². The highest BCUT2D eigenvalue weighted by Crippen LogP contribution is 2.58. The van der Waals surface area contributed by atoms with Gasteiger partial charge in [0.25, 0.3) is 16.5 Å². The summed E-state index contributed by atoms with van der Waals surface area (Å²) in [4.78, 5) is 0. The Balaban J connectivity index is 1.50. The van der Waals surface area contributed by atoms with E-state index >= 15 is 0 Å². The lowest BCUT2D eigenvalue weighted by atomic mass is 9.67. The van der Waals surface area contributed by atoms with Crippen molar-refractivity contribution < 1.29 is 0 Å². The molecule has 1 aliphatic rings. The lowest BCUT2D eigenvalue weighted by Gasteiger charge is -2.35. The molecule has 7 rings (SSSR count). The minimum Gasteiger partial charge on any atom is -0.579 e. The van der Waals surface area contributed by atoms with Crippen LogP contribution >= 0.6 is 10.3 Å². The van der Waals surface area contributed by atoms with Gasteiger partial charge in [-0.05, 0) is 75.0 Å². The third-order valence-electron chi connectivity index (χ3n) is 8.85. The Morgan fingerprint density at radius 3 is 1.72 bits per heavy atom. The lowest BCUT2D eigenvalue weighted by Crippen LogP contribution is -2.29. The van der Waals surface area contributed by atoms with Crippen molar-refractivity contribution in [1.29, 1.82) is 0 Å². The maximum absolute atomic E-state index is 2.98. The van der Waals surface area contributed by atoms with E-state index in [2.05, 4.69) is 188 Å². The Kier molecular flexibility index (Phi) is 9.52. The van der Waals surface area contributed by atoms with Crippen molar-refractivity contribution in [3.63, 3.8) is 0 Å². The molecule has 0 aliphatic heterocycles. The normalized spacial score (nSPS) is 12.6. The van der Waals surface area contributed by atoms with Gasteiger partial charge in [-0.3, -0.25) is 0 Å². The maximum Gasteiger partial charge on any atom is 0.341 e. The number of nitrogens with zero attached hydrogens (tertiary/aromatic N) is 2. The SMILES string of the molecule is C[CH2][Al][N]([Al])c1ccc2c(c1)C(c1ccccc1)(c1ccccc1)c1cc(N([S][Al][CH3])c3ccccc3-c3ccccc3)ccc1-2. The molecular formula is C40H33Al3N2S. The zero-order valence-electron chi connectivity index (χ0n) is 26.2. The van der Waals surface area contributed by atoms with E-state index in [1.807, 2.05) is 10.3 Å². The second-order valence-corrected chi connectivity index (χ2v) is 17.4. The van der Waals surface area contributed by atoms with Crippen LogP contribution in [0, 0.1) is 0 Å². The van der Waals surface area contributed by atoms with Crippen molar-refractivity contribution in [3.8, 4) is 22.3 Å². The highest BCUT2D eigenvalue weighted by molar-refractivity contribution is 8.23. The number of hydrogen-bond donors (Lipinski definition) is 0. The fourth-order valence-corrected chi connectivity index (χ4v) is 10.5. The van der Waals surface area contributed by atoms with E-state index < -0.39 is 5.41 Å². The average molecular weight is 655 g/mol. The van der Waals surface area contributed by atoms with Crippen LogP contribution in [0.3, 0.4) is 0 Å². The van der Waals surface area contributed by atoms with Crippen LogP contribution in [-0.4, -0.2) is 46.0 Å². The zero-order chi connectivity index (χ0) is 31.5. The third kappa shape index (κ3) is 5.58. The Morgan fingerprint density at radius 1 is 0.609 bits per heavy atom. The van der Waals surface area contributed by atoms with Gasteiger partial charge in [-0.2, -0.15) is 10.3 Å². The van der Waals surface area contributed by atoms with Crippen LogP contribution in [0.4, 0.5) is 17.1 Å². The number of rotatable bonds is 10. The molecule has 0 fully saturated rings. The molecule has 0 bridgehead atoms. The summed E-state index contributed by atoms with van der Waals surface area (Å²) in [5.41, 5.74) is 13.6. The quantitative estimate of drug-likeness (QED) is 0.107. The van der Waals surface area contributed by atoms with Gasteiger partial charge in [-0.1, -0.05) is 134 Å². The molecule has 1 aliphatic carbocycles. The first-order valence-electron chi connectivity index (χ1n) is 15.8. The molecule has 6 heteroatoms. The minimum atomic E-state index is -0.458. The molecule has 0 saturated heterocycles. The van der Waals surface area contributed by atoms with Crippen molar-refractivity contribution in [2.75, 3.05) is 7.17 Å².